The topological polar surface area (TPSA) is 38.3 Å². The number of ether oxygens (including phenoxy) is 1. The highest BCUT2D eigenvalue weighted by atomic mass is 79.9. The summed E-state index contributed by atoms with van der Waals surface area (Å²) in [5.74, 6) is -0.389. The van der Waals surface area contributed by atoms with Crippen molar-refractivity contribution in [3.05, 3.63) is 64.1 Å². The van der Waals surface area contributed by atoms with Crippen molar-refractivity contribution in [2.24, 2.45) is 0 Å². The molecule has 1 N–H and O–H groups in total. The number of halogens is 4. The number of carbonyl (C=O) groups is 1. The van der Waals surface area contributed by atoms with Crippen LogP contribution in [0.3, 0.4) is 0 Å². The van der Waals surface area contributed by atoms with E-state index in [2.05, 4.69) is 26.0 Å². The molecule has 0 saturated heterocycles. The number of aryl methyl sites for hydroxylation is 1. The van der Waals surface area contributed by atoms with Crippen LogP contribution < -0.4 is 10.1 Å². The molecule has 0 radical (unpaired) electrons. The molecule has 2 rings (SSSR count). The summed E-state index contributed by atoms with van der Waals surface area (Å²) in [4.78, 5) is 11.8. The van der Waals surface area contributed by atoms with Gasteiger partial charge in [0, 0.05) is 17.4 Å². The predicted octanol–water partition coefficient (Wildman–Crippen LogP) is 4.60. The van der Waals surface area contributed by atoms with Crippen molar-refractivity contribution < 1.29 is 22.7 Å². The lowest BCUT2D eigenvalue weighted by Gasteiger charge is -2.09. The summed E-state index contributed by atoms with van der Waals surface area (Å²) in [7, 11) is 0. The summed E-state index contributed by atoms with van der Waals surface area (Å²) < 4.78 is 41.0. The first kappa shape index (κ1) is 18.3. The van der Waals surface area contributed by atoms with Crippen LogP contribution in [0.4, 0.5) is 13.2 Å². The van der Waals surface area contributed by atoms with E-state index < -0.39 is 6.36 Å². The monoisotopic (exact) mass is 401 g/mol. The van der Waals surface area contributed by atoms with Gasteiger partial charge in [0.15, 0.2) is 0 Å². The molecule has 2 aromatic carbocycles. The van der Waals surface area contributed by atoms with Crippen LogP contribution in [0.15, 0.2) is 53.0 Å². The fourth-order valence-corrected chi connectivity index (χ4v) is 2.27. The molecule has 2 aromatic rings. The Balaban J connectivity index is 1.76. The number of nitrogens with one attached hydrogen (secondary N) is 1. The average Bonchev–Trinajstić information content (AvgIpc) is 2.52. The van der Waals surface area contributed by atoms with Crippen LogP contribution in [0.1, 0.15) is 17.5 Å². The van der Waals surface area contributed by atoms with Crippen molar-refractivity contribution in [1.29, 1.82) is 0 Å². The minimum atomic E-state index is -4.70. The zero-order valence-electron chi connectivity index (χ0n) is 12.6. The van der Waals surface area contributed by atoms with Crippen LogP contribution in [-0.4, -0.2) is 12.3 Å². The molecule has 7 heteroatoms. The smallest absolute Gasteiger partial charge is 0.406 e. The van der Waals surface area contributed by atoms with Gasteiger partial charge < -0.3 is 10.1 Å². The predicted molar refractivity (Wildman–Crippen MR) is 87.4 cm³/mol. The Hall–Kier alpha value is -2.02. The van der Waals surface area contributed by atoms with Gasteiger partial charge in [-0.05, 0) is 41.8 Å². The van der Waals surface area contributed by atoms with Gasteiger partial charge in [0.05, 0.1) is 0 Å². The van der Waals surface area contributed by atoms with Crippen LogP contribution in [0.5, 0.6) is 5.75 Å². The van der Waals surface area contributed by atoms with E-state index in [0.717, 1.165) is 15.6 Å². The maximum atomic E-state index is 12.1. The number of rotatable bonds is 6. The Morgan fingerprint density at radius 2 is 1.58 bits per heavy atom. The van der Waals surface area contributed by atoms with Gasteiger partial charge >= 0.3 is 6.36 Å². The number of alkyl halides is 3. The van der Waals surface area contributed by atoms with Gasteiger partial charge in [-0.2, -0.15) is 0 Å². The lowest BCUT2D eigenvalue weighted by molar-refractivity contribution is -0.274. The van der Waals surface area contributed by atoms with Crippen LogP contribution in [0.2, 0.25) is 0 Å². The highest BCUT2D eigenvalue weighted by Gasteiger charge is 2.30. The summed E-state index contributed by atoms with van der Waals surface area (Å²) in [6.45, 7) is 0.435. The van der Waals surface area contributed by atoms with Crippen molar-refractivity contribution in [1.82, 2.24) is 5.32 Å². The molecule has 0 aromatic heterocycles. The molecule has 1 amide bonds. The summed E-state index contributed by atoms with van der Waals surface area (Å²) in [5.41, 5.74) is 1.75. The Labute approximate surface area is 146 Å². The largest absolute Gasteiger partial charge is 0.573 e. The van der Waals surface area contributed by atoms with Gasteiger partial charge in [-0.1, -0.05) is 40.2 Å². The minimum Gasteiger partial charge on any atom is -0.406 e. The Morgan fingerprint density at radius 3 is 2.17 bits per heavy atom. The molecule has 0 saturated carbocycles. The van der Waals surface area contributed by atoms with Crippen molar-refractivity contribution in [3.8, 4) is 5.75 Å². The van der Waals surface area contributed by atoms with E-state index in [1.165, 1.54) is 24.3 Å². The highest BCUT2D eigenvalue weighted by molar-refractivity contribution is 9.10. The number of hydrogen-bond donors (Lipinski definition) is 1. The Morgan fingerprint density at radius 1 is 1.00 bits per heavy atom. The van der Waals surface area contributed by atoms with E-state index in [1.54, 1.807) is 0 Å². The Bertz CT molecular complexity index is 670. The van der Waals surface area contributed by atoms with Gasteiger partial charge in [0.2, 0.25) is 5.91 Å². The fourth-order valence-electron chi connectivity index (χ4n) is 2.01. The number of amides is 1. The van der Waals surface area contributed by atoms with Crippen molar-refractivity contribution in [3.63, 3.8) is 0 Å². The first-order chi connectivity index (χ1) is 11.3. The average molecular weight is 402 g/mol. The summed E-state index contributed by atoms with van der Waals surface area (Å²) in [6, 6.07) is 13.1. The van der Waals surface area contributed by atoms with E-state index in [9.17, 15) is 18.0 Å². The lowest BCUT2D eigenvalue weighted by atomic mass is 10.1. The van der Waals surface area contributed by atoms with E-state index >= 15 is 0 Å². The first-order valence-corrected chi connectivity index (χ1v) is 7.97. The first-order valence-electron chi connectivity index (χ1n) is 7.18. The van der Waals surface area contributed by atoms with Gasteiger partial charge in [0.1, 0.15) is 5.75 Å². The lowest BCUT2D eigenvalue weighted by Crippen LogP contribution is -2.22. The normalized spacial score (nSPS) is 11.2. The number of carbonyl (C=O) groups excluding carboxylic acids is 1. The quantitative estimate of drug-likeness (QED) is 0.768. The SMILES string of the molecule is O=C(CCc1ccc(OC(F)(F)F)cc1)NCc1ccc(Br)cc1. The molecule has 0 unspecified atom stereocenters. The molecule has 0 fully saturated rings. The number of hydrogen-bond acceptors (Lipinski definition) is 2. The molecule has 0 spiro atoms. The standard InChI is InChI=1S/C17H15BrF3NO2/c18-14-6-1-13(2-7-14)11-22-16(23)10-5-12-3-8-15(9-4-12)24-17(19,20)21/h1-4,6-9H,5,10-11H2,(H,22,23). The van der Waals surface area contributed by atoms with Crippen molar-refractivity contribution in [2.45, 2.75) is 25.7 Å². The zero-order valence-corrected chi connectivity index (χ0v) is 14.2. The summed E-state index contributed by atoms with van der Waals surface area (Å²) >= 11 is 3.34. The molecular weight excluding hydrogens is 387 g/mol. The van der Waals surface area contributed by atoms with Crippen LogP contribution in [0.25, 0.3) is 0 Å². The molecule has 0 aliphatic heterocycles. The summed E-state index contributed by atoms with van der Waals surface area (Å²) in [5, 5.41) is 2.80. The maximum Gasteiger partial charge on any atom is 0.573 e. The van der Waals surface area contributed by atoms with Crippen molar-refractivity contribution >= 4 is 21.8 Å². The molecule has 0 aliphatic rings. The molecule has 24 heavy (non-hydrogen) atoms. The minimum absolute atomic E-state index is 0.117. The van der Waals surface area contributed by atoms with Crippen LogP contribution in [-0.2, 0) is 17.8 Å². The van der Waals surface area contributed by atoms with Gasteiger partial charge in [-0.3, -0.25) is 4.79 Å². The molecule has 0 heterocycles. The highest BCUT2D eigenvalue weighted by Crippen LogP contribution is 2.23. The Kier molecular flexibility index (Phi) is 6.25. The third-order valence-electron chi connectivity index (χ3n) is 3.20. The second kappa shape index (κ2) is 8.19. The van der Waals surface area contributed by atoms with E-state index in [4.69, 9.17) is 0 Å². The maximum absolute atomic E-state index is 12.1. The van der Waals surface area contributed by atoms with Gasteiger partial charge in [0.25, 0.3) is 0 Å². The van der Waals surface area contributed by atoms with Crippen LogP contribution in [0, 0.1) is 0 Å². The second-order valence-corrected chi connectivity index (χ2v) is 6.01. The molecule has 0 atom stereocenters. The molecule has 0 bridgehead atoms. The van der Waals surface area contributed by atoms with Crippen LogP contribution >= 0.6 is 15.9 Å². The summed E-state index contributed by atoms with van der Waals surface area (Å²) in [6.07, 6.45) is -4.00. The number of benzene rings is 2. The van der Waals surface area contributed by atoms with E-state index in [0.29, 0.717) is 13.0 Å². The van der Waals surface area contributed by atoms with Gasteiger partial charge in [-0.15, -0.1) is 13.2 Å². The molecule has 128 valence electrons. The molecule has 3 nitrogen and oxygen atoms in total. The van der Waals surface area contributed by atoms with E-state index in [-0.39, 0.29) is 18.1 Å². The third kappa shape index (κ3) is 6.62. The van der Waals surface area contributed by atoms with Gasteiger partial charge in [-0.25, -0.2) is 0 Å². The third-order valence-corrected chi connectivity index (χ3v) is 3.73. The zero-order chi connectivity index (χ0) is 17.6. The molecule has 0 aliphatic carbocycles. The van der Waals surface area contributed by atoms with E-state index in [1.807, 2.05) is 24.3 Å². The second-order valence-electron chi connectivity index (χ2n) is 5.09. The molecular formula is C17H15BrF3NO2. The fraction of sp³-hybridized carbons (Fsp3) is 0.235. The van der Waals surface area contributed by atoms with Crippen molar-refractivity contribution in [2.75, 3.05) is 0 Å².